The van der Waals surface area contributed by atoms with Crippen LogP contribution < -0.4 is 5.32 Å². The third kappa shape index (κ3) is 3.76. The Labute approximate surface area is 218 Å². The Morgan fingerprint density at radius 1 is 1.16 bits per heavy atom. The van der Waals surface area contributed by atoms with Gasteiger partial charge in [-0.15, -0.1) is 0 Å². The van der Waals surface area contributed by atoms with Crippen molar-refractivity contribution in [1.82, 2.24) is 19.5 Å². The van der Waals surface area contributed by atoms with Gasteiger partial charge in [0.25, 0.3) is 5.91 Å². The molecule has 10 heteroatoms. The molecule has 1 amide bonds. The monoisotopic (exact) mass is 521 g/mol. The molecule has 0 spiro atoms. The van der Waals surface area contributed by atoms with Crippen LogP contribution in [0, 0.1) is 5.41 Å². The molecule has 4 atom stereocenters. The van der Waals surface area contributed by atoms with Crippen molar-refractivity contribution >= 4 is 31.2 Å². The number of nitrogens with one attached hydrogen (secondary N) is 1. The van der Waals surface area contributed by atoms with Crippen LogP contribution in [0.4, 0.5) is 5.82 Å². The lowest BCUT2D eigenvalue weighted by Gasteiger charge is -2.43. The third-order valence-corrected chi connectivity index (χ3v) is 13.5. The molecule has 37 heavy (non-hydrogen) atoms. The highest BCUT2D eigenvalue weighted by molar-refractivity contribution is 6.74. The quantitative estimate of drug-likeness (QED) is 0.459. The average molecular weight is 522 g/mol. The number of carbonyl (C=O) groups excluding carboxylic acids is 1. The second kappa shape index (κ2) is 8.17. The van der Waals surface area contributed by atoms with Gasteiger partial charge >= 0.3 is 0 Å². The van der Waals surface area contributed by atoms with Gasteiger partial charge in [0, 0.05) is 11.0 Å². The fraction of sp³-hybridized carbons (Fsp3) is 0.556. The zero-order valence-corrected chi connectivity index (χ0v) is 23.3. The maximum absolute atomic E-state index is 12.8. The molecule has 2 aliphatic heterocycles. The van der Waals surface area contributed by atoms with Gasteiger partial charge in [0.15, 0.2) is 31.5 Å². The molecule has 1 aromatic carbocycles. The number of amides is 1. The maximum Gasteiger partial charge on any atom is 0.256 e. The Bertz CT molecular complexity index is 1350. The molecular formula is C27H35N5O4Si. The highest BCUT2D eigenvalue weighted by Crippen LogP contribution is 2.65. The molecule has 6 rings (SSSR count). The van der Waals surface area contributed by atoms with Crippen LogP contribution in [-0.4, -0.2) is 58.2 Å². The summed E-state index contributed by atoms with van der Waals surface area (Å²) in [7, 11) is -2.10. The molecule has 2 bridgehead atoms. The summed E-state index contributed by atoms with van der Waals surface area (Å²) < 4.78 is 22.3. The normalized spacial score (nSPS) is 28.5. The van der Waals surface area contributed by atoms with E-state index in [0.717, 1.165) is 12.8 Å². The van der Waals surface area contributed by atoms with Gasteiger partial charge in [0.05, 0.1) is 12.9 Å². The molecule has 3 aromatic rings. The van der Waals surface area contributed by atoms with E-state index >= 15 is 0 Å². The average Bonchev–Trinajstić information content (AvgIpc) is 3.21. The molecule has 3 aliphatic rings. The molecule has 1 unspecified atom stereocenters. The smallest absolute Gasteiger partial charge is 0.256 e. The Kier molecular flexibility index (Phi) is 5.44. The molecule has 2 saturated heterocycles. The van der Waals surface area contributed by atoms with Crippen molar-refractivity contribution in [2.24, 2.45) is 5.41 Å². The van der Waals surface area contributed by atoms with E-state index in [-0.39, 0.29) is 28.6 Å². The zero-order chi connectivity index (χ0) is 26.2. The topological polar surface area (TPSA) is 100 Å². The van der Waals surface area contributed by atoms with Crippen molar-refractivity contribution in [3.05, 3.63) is 48.5 Å². The first-order valence-corrected chi connectivity index (χ1v) is 15.9. The molecule has 2 aromatic heterocycles. The van der Waals surface area contributed by atoms with Crippen LogP contribution in [0.3, 0.4) is 0 Å². The van der Waals surface area contributed by atoms with Gasteiger partial charge in [-0.25, -0.2) is 15.0 Å². The fourth-order valence-electron chi connectivity index (χ4n) is 5.31. The number of nitrogens with zero attached hydrogens (tertiary/aromatic N) is 4. The molecule has 1 aliphatic carbocycles. The van der Waals surface area contributed by atoms with Crippen molar-refractivity contribution in [3.63, 3.8) is 0 Å². The minimum absolute atomic E-state index is 0.0176. The Hall–Kier alpha value is -2.66. The van der Waals surface area contributed by atoms with E-state index in [4.69, 9.17) is 13.9 Å². The molecule has 1 N–H and O–H groups in total. The van der Waals surface area contributed by atoms with Crippen molar-refractivity contribution in [3.8, 4) is 0 Å². The minimum atomic E-state index is -2.10. The molecule has 4 heterocycles. The van der Waals surface area contributed by atoms with Crippen LogP contribution in [0.25, 0.3) is 11.2 Å². The number of rotatable bonds is 6. The van der Waals surface area contributed by atoms with Crippen molar-refractivity contribution < 1.29 is 18.7 Å². The first-order chi connectivity index (χ1) is 17.5. The first-order valence-electron chi connectivity index (χ1n) is 13.0. The van der Waals surface area contributed by atoms with Gasteiger partial charge < -0.3 is 19.2 Å². The van der Waals surface area contributed by atoms with Crippen LogP contribution in [0.15, 0.2) is 43.0 Å². The van der Waals surface area contributed by atoms with Gasteiger partial charge in [-0.05, 0) is 43.1 Å². The lowest BCUT2D eigenvalue weighted by molar-refractivity contribution is -0.196. The summed E-state index contributed by atoms with van der Waals surface area (Å²) in [4.78, 5) is 26.2. The van der Waals surface area contributed by atoms with Gasteiger partial charge in [-0.3, -0.25) is 9.36 Å². The van der Waals surface area contributed by atoms with Crippen molar-refractivity contribution in [1.29, 1.82) is 0 Å². The lowest BCUT2D eigenvalue weighted by Crippen LogP contribution is -2.54. The van der Waals surface area contributed by atoms with Crippen LogP contribution >= 0.6 is 0 Å². The second-order valence-electron chi connectivity index (χ2n) is 12.4. The SMILES string of the molecule is CC1([C@@]23COC([C@H](n4cnc5c(NC(=O)c6ccccc6)ncnc54)O2)[C@H]3O[Si](C)(C)C(C)(C)C)CC1. The summed E-state index contributed by atoms with van der Waals surface area (Å²) in [6.45, 7) is 14.2. The summed E-state index contributed by atoms with van der Waals surface area (Å²) in [6, 6.07) is 9.03. The largest absolute Gasteiger partial charge is 0.408 e. The Morgan fingerprint density at radius 2 is 1.89 bits per heavy atom. The van der Waals surface area contributed by atoms with Gasteiger partial charge in [-0.2, -0.15) is 0 Å². The van der Waals surface area contributed by atoms with Gasteiger partial charge in [0.2, 0.25) is 0 Å². The van der Waals surface area contributed by atoms with Gasteiger partial charge in [-0.1, -0.05) is 45.9 Å². The predicted molar refractivity (Wildman–Crippen MR) is 142 cm³/mol. The predicted octanol–water partition coefficient (Wildman–Crippen LogP) is 4.94. The highest BCUT2D eigenvalue weighted by Gasteiger charge is 2.73. The lowest BCUT2D eigenvalue weighted by atomic mass is 9.83. The summed E-state index contributed by atoms with van der Waals surface area (Å²) in [5.41, 5.74) is 1.15. The zero-order valence-electron chi connectivity index (χ0n) is 22.3. The van der Waals surface area contributed by atoms with Crippen LogP contribution in [0.1, 0.15) is 57.1 Å². The summed E-state index contributed by atoms with van der Waals surface area (Å²) in [5.74, 6) is 0.109. The van der Waals surface area contributed by atoms with Crippen LogP contribution in [0.5, 0.6) is 0 Å². The molecule has 9 nitrogen and oxygen atoms in total. The summed E-state index contributed by atoms with van der Waals surface area (Å²) in [5, 5.41) is 2.95. The molecule has 196 valence electrons. The maximum atomic E-state index is 12.8. The number of fused-ring (bicyclic) bond motifs is 3. The fourth-order valence-corrected chi connectivity index (χ4v) is 6.62. The van der Waals surface area contributed by atoms with Crippen molar-refractivity contribution in [2.75, 3.05) is 11.9 Å². The van der Waals surface area contributed by atoms with Crippen molar-refractivity contribution in [2.45, 2.75) is 82.7 Å². The minimum Gasteiger partial charge on any atom is -0.408 e. The summed E-state index contributed by atoms with van der Waals surface area (Å²) >= 11 is 0. The number of benzene rings is 1. The van der Waals surface area contributed by atoms with E-state index in [1.54, 1.807) is 18.5 Å². The number of carbonyl (C=O) groups is 1. The summed E-state index contributed by atoms with van der Waals surface area (Å²) in [6.07, 6.45) is 4.46. The highest BCUT2D eigenvalue weighted by atomic mass is 28.4. The molecule has 3 fully saturated rings. The van der Waals surface area contributed by atoms with E-state index in [9.17, 15) is 4.79 Å². The van der Waals surface area contributed by atoms with E-state index in [1.165, 1.54) is 6.33 Å². The Balaban J connectivity index is 1.34. The number of hydrogen-bond donors (Lipinski definition) is 1. The van der Waals surface area contributed by atoms with E-state index in [2.05, 4.69) is 61.1 Å². The van der Waals surface area contributed by atoms with Crippen LogP contribution in [-0.2, 0) is 13.9 Å². The second-order valence-corrected chi connectivity index (χ2v) is 17.2. The Morgan fingerprint density at radius 3 is 2.57 bits per heavy atom. The molecule has 0 radical (unpaired) electrons. The molecule has 1 saturated carbocycles. The van der Waals surface area contributed by atoms with Gasteiger partial charge in [0.1, 0.15) is 24.1 Å². The van der Waals surface area contributed by atoms with E-state index < -0.39 is 20.1 Å². The van der Waals surface area contributed by atoms with E-state index in [1.807, 2.05) is 22.8 Å². The van der Waals surface area contributed by atoms with Crippen LogP contribution in [0.2, 0.25) is 18.1 Å². The number of hydrogen-bond acceptors (Lipinski definition) is 7. The third-order valence-electron chi connectivity index (χ3n) is 9.01. The van der Waals surface area contributed by atoms with E-state index in [0.29, 0.717) is 29.2 Å². The standard InChI is InChI=1S/C27H35N5O4Si/c1-25(2,3)37(5,6)36-20-19-24(35-27(20,14-34-19)26(4)12-13-26)32-16-30-18-21(28-15-29-22(18)32)31-23(33)17-10-8-7-9-11-17/h7-11,15-16,19-20,24H,12-14H2,1-6H3,(H,28,29,31,33)/t19?,20-,24-,27+/m1/s1. The first kappa shape index (κ1) is 24.7. The molecular weight excluding hydrogens is 486 g/mol. The number of ether oxygens (including phenoxy) is 2. The number of anilines is 1. The number of imidazole rings is 1. The number of aromatic nitrogens is 4.